The van der Waals surface area contributed by atoms with E-state index in [2.05, 4.69) is 67.5 Å². The van der Waals surface area contributed by atoms with E-state index in [-0.39, 0.29) is 11.3 Å². The molecule has 5 nitrogen and oxygen atoms in total. The standard InChI is InChI=1S/C29H28N4OS2/c1-29(2,3)20-10-11-22-19(13-20)14-21-24(30)25(36-27(21)31-22)26(34)33-28-32-23(15-35-28)18-9-8-16-6-4-5-7-17(16)12-18/h4-9,12,14-15,20H,10-11,13,30H2,1-3H3,(H,32,33,34). The molecule has 3 aromatic heterocycles. The second-order valence-electron chi connectivity index (χ2n) is 10.7. The maximum atomic E-state index is 13.2. The van der Waals surface area contributed by atoms with Crippen molar-refractivity contribution in [1.29, 1.82) is 0 Å². The lowest BCUT2D eigenvalue weighted by molar-refractivity contribution is 0.103. The van der Waals surface area contributed by atoms with E-state index in [4.69, 9.17) is 10.7 Å². The number of fused-ring (bicyclic) bond motifs is 3. The van der Waals surface area contributed by atoms with Crippen LogP contribution in [0.15, 0.2) is 53.9 Å². The third kappa shape index (κ3) is 4.16. The minimum Gasteiger partial charge on any atom is -0.397 e. The summed E-state index contributed by atoms with van der Waals surface area (Å²) in [7, 11) is 0. The molecule has 5 aromatic rings. The Morgan fingerprint density at radius 1 is 1.08 bits per heavy atom. The van der Waals surface area contributed by atoms with Crippen LogP contribution < -0.4 is 11.1 Å². The van der Waals surface area contributed by atoms with Crippen LogP contribution in [0.5, 0.6) is 0 Å². The number of anilines is 2. The molecule has 3 heterocycles. The van der Waals surface area contributed by atoms with E-state index in [9.17, 15) is 4.79 Å². The highest BCUT2D eigenvalue weighted by molar-refractivity contribution is 7.21. The van der Waals surface area contributed by atoms with Gasteiger partial charge in [0.1, 0.15) is 9.71 Å². The van der Waals surface area contributed by atoms with E-state index in [0.29, 0.717) is 21.6 Å². The Hall–Kier alpha value is -3.29. The van der Waals surface area contributed by atoms with E-state index in [1.807, 2.05) is 17.5 Å². The Bertz CT molecular complexity index is 1630. The molecule has 7 heteroatoms. The molecule has 0 spiro atoms. The van der Waals surface area contributed by atoms with Gasteiger partial charge in [-0.25, -0.2) is 9.97 Å². The summed E-state index contributed by atoms with van der Waals surface area (Å²) < 4.78 is 0. The van der Waals surface area contributed by atoms with Crippen molar-refractivity contribution in [2.75, 3.05) is 11.1 Å². The largest absolute Gasteiger partial charge is 0.397 e. The monoisotopic (exact) mass is 512 g/mol. The van der Waals surface area contributed by atoms with Crippen LogP contribution in [-0.2, 0) is 12.8 Å². The number of benzene rings is 2. The van der Waals surface area contributed by atoms with Gasteiger partial charge in [0.15, 0.2) is 5.13 Å². The molecule has 0 aliphatic heterocycles. The van der Waals surface area contributed by atoms with Gasteiger partial charge in [-0.2, -0.15) is 0 Å². The second-order valence-corrected chi connectivity index (χ2v) is 12.5. The zero-order valence-corrected chi connectivity index (χ0v) is 22.2. The number of nitrogens with zero attached hydrogens (tertiary/aromatic N) is 2. The number of amides is 1. The zero-order chi connectivity index (χ0) is 25.0. The first kappa shape index (κ1) is 23.1. The highest BCUT2D eigenvalue weighted by Gasteiger charge is 2.30. The van der Waals surface area contributed by atoms with Gasteiger partial charge >= 0.3 is 0 Å². The number of thiophene rings is 1. The number of hydrogen-bond donors (Lipinski definition) is 2. The molecule has 1 aliphatic carbocycles. The zero-order valence-electron chi connectivity index (χ0n) is 20.6. The molecule has 6 rings (SSSR count). The molecule has 3 N–H and O–H groups in total. The van der Waals surface area contributed by atoms with Crippen molar-refractivity contribution >= 4 is 60.4 Å². The highest BCUT2D eigenvalue weighted by atomic mass is 32.1. The number of nitrogens with one attached hydrogen (secondary N) is 1. The predicted molar refractivity (Wildman–Crippen MR) is 152 cm³/mol. The minimum absolute atomic E-state index is 0.236. The topological polar surface area (TPSA) is 80.9 Å². The fourth-order valence-electron chi connectivity index (χ4n) is 5.06. The van der Waals surface area contributed by atoms with Crippen molar-refractivity contribution in [3.05, 3.63) is 70.0 Å². The number of carbonyl (C=O) groups is 1. The van der Waals surface area contributed by atoms with Crippen LogP contribution in [0.25, 0.3) is 32.2 Å². The van der Waals surface area contributed by atoms with Crippen LogP contribution >= 0.6 is 22.7 Å². The summed E-state index contributed by atoms with van der Waals surface area (Å²) in [6.45, 7) is 6.92. The summed E-state index contributed by atoms with van der Waals surface area (Å²) in [5, 5.41) is 8.71. The average molecular weight is 513 g/mol. The molecule has 0 radical (unpaired) electrons. The SMILES string of the molecule is CC(C)(C)C1CCc2nc3sc(C(=O)Nc4nc(-c5ccc6ccccc6c5)cs4)c(N)c3cc2C1. The van der Waals surface area contributed by atoms with Gasteiger partial charge in [-0.15, -0.1) is 22.7 Å². The van der Waals surface area contributed by atoms with Crippen molar-refractivity contribution in [3.63, 3.8) is 0 Å². The van der Waals surface area contributed by atoms with Gasteiger partial charge in [0.2, 0.25) is 0 Å². The molecule has 1 unspecified atom stereocenters. The van der Waals surface area contributed by atoms with Crippen molar-refractivity contribution in [2.24, 2.45) is 11.3 Å². The minimum atomic E-state index is -0.236. The number of thiazole rings is 1. The summed E-state index contributed by atoms with van der Waals surface area (Å²) in [6, 6.07) is 16.7. The first-order valence-corrected chi connectivity index (χ1v) is 13.9. The summed E-state index contributed by atoms with van der Waals surface area (Å²) in [6.07, 6.45) is 3.13. The molecule has 1 atom stereocenters. The van der Waals surface area contributed by atoms with E-state index >= 15 is 0 Å². The van der Waals surface area contributed by atoms with Gasteiger partial charge < -0.3 is 5.73 Å². The van der Waals surface area contributed by atoms with Gasteiger partial charge in [0.05, 0.1) is 11.4 Å². The van der Waals surface area contributed by atoms with Gasteiger partial charge in [-0.05, 0) is 59.1 Å². The molecule has 2 aromatic carbocycles. The molecule has 0 bridgehead atoms. The lowest BCUT2D eigenvalue weighted by Crippen LogP contribution is -2.27. The van der Waals surface area contributed by atoms with E-state index in [0.717, 1.165) is 51.8 Å². The van der Waals surface area contributed by atoms with Gasteiger partial charge in [-0.1, -0.05) is 57.2 Å². The Morgan fingerprint density at radius 2 is 1.89 bits per heavy atom. The number of aromatic nitrogens is 2. The first-order valence-electron chi connectivity index (χ1n) is 12.2. The number of nitrogen functional groups attached to an aromatic ring is 1. The normalized spacial score (nSPS) is 15.8. The highest BCUT2D eigenvalue weighted by Crippen LogP contribution is 2.40. The maximum Gasteiger partial charge on any atom is 0.269 e. The van der Waals surface area contributed by atoms with Crippen LogP contribution in [0, 0.1) is 11.3 Å². The smallest absolute Gasteiger partial charge is 0.269 e. The first-order chi connectivity index (χ1) is 17.3. The van der Waals surface area contributed by atoms with Crippen LogP contribution in [-0.4, -0.2) is 15.9 Å². The summed E-state index contributed by atoms with van der Waals surface area (Å²) in [5.41, 5.74) is 11.5. The maximum absolute atomic E-state index is 13.2. The summed E-state index contributed by atoms with van der Waals surface area (Å²) in [4.78, 5) is 24.1. The second kappa shape index (κ2) is 8.68. The third-order valence-corrected chi connectivity index (χ3v) is 9.16. The molecule has 1 amide bonds. The van der Waals surface area contributed by atoms with Crippen LogP contribution in [0.1, 0.15) is 48.1 Å². The fraction of sp³-hybridized carbons (Fsp3) is 0.276. The Kier molecular flexibility index (Phi) is 5.57. The quantitative estimate of drug-likeness (QED) is 0.261. The Morgan fingerprint density at radius 3 is 2.69 bits per heavy atom. The van der Waals surface area contributed by atoms with Crippen molar-refractivity contribution in [3.8, 4) is 11.3 Å². The lowest BCUT2D eigenvalue weighted by Gasteiger charge is -2.34. The lowest BCUT2D eigenvalue weighted by atomic mass is 9.71. The number of rotatable bonds is 3. The number of nitrogens with two attached hydrogens (primary N) is 1. The molecular formula is C29H28N4OS2. The van der Waals surface area contributed by atoms with Crippen LogP contribution in [0.4, 0.5) is 10.8 Å². The third-order valence-electron chi connectivity index (χ3n) is 7.29. The predicted octanol–water partition coefficient (Wildman–Crippen LogP) is 7.56. The molecule has 1 aliphatic rings. The molecule has 0 saturated carbocycles. The van der Waals surface area contributed by atoms with Gasteiger partial charge in [0, 0.05) is 22.0 Å². The Labute approximate surface area is 218 Å². The van der Waals surface area contributed by atoms with Crippen molar-refractivity contribution < 1.29 is 4.79 Å². The van der Waals surface area contributed by atoms with Gasteiger partial charge in [-0.3, -0.25) is 10.1 Å². The number of pyridine rings is 1. The molecule has 36 heavy (non-hydrogen) atoms. The molecule has 0 fully saturated rings. The van der Waals surface area contributed by atoms with Crippen LogP contribution in [0.3, 0.4) is 0 Å². The molecule has 0 saturated heterocycles. The Balaban J connectivity index is 1.25. The number of carbonyl (C=O) groups excluding carboxylic acids is 1. The van der Waals surface area contributed by atoms with Crippen molar-refractivity contribution in [2.45, 2.75) is 40.0 Å². The fourth-order valence-corrected chi connectivity index (χ4v) is 6.77. The summed E-state index contributed by atoms with van der Waals surface area (Å²) in [5.74, 6) is 0.383. The average Bonchev–Trinajstić information content (AvgIpc) is 3.46. The molecule has 182 valence electrons. The molecular weight excluding hydrogens is 484 g/mol. The van der Waals surface area contributed by atoms with E-state index < -0.39 is 0 Å². The number of hydrogen-bond acceptors (Lipinski definition) is 6. The van der Waals surface area contributed by atoms with Gasteiger partial charge in [0.25, 0.3) is 5.91 Å². The van der Waals surface area contributed by atoms with Crippen molar-refractivity contribution in [1.82, 2.24) is 9.97 Å². The summed E-state index contributed by atoms with van der Waals surface area (Å²) >= 11 is 2.78. The van der Waals surface area contributed by atoms with Crippen LogP contribution in [0.2, 0.25) is 0 Å². The van der Waals surface area contributed by atoms with E-state index in [1.165, 1.54) is 33.6 Å². The van der Waals surface area contributed by atoms with E-state index in [1.54, 1.807) is 0 Å². The number of aryl methyl sites for hydroxylation is 1.